The average Bonchev–Trinajstić information content (AvgIpc) is 3.11. The monoisotopic (exact) mass is 418 g/mol. The number of hydrogen-bond acceptors (Lipinski definition) is 7. The van der Waals surface area contributed by atoms with Crippen LogP contribution >= 0.6 is 23.4 Å². The predicted octanol–water partition coefficient (Wildman–Crippen LogP) is 4.22. The van der Waals surface area contributed by atoms with Crippen LogP contribution < -0.4 is 9.47 Å². The van der Waals surface area contributed by atoms with E-state index in [0.717, 1.165) is 5.75 Å². The minimum atomic E-state index is -0.0910. The van der Waals surface area contributed by atoms with Crippen molar-refractivity contribution >= 4 is 29.6 Å². The summed E-state index contributed by atoms with van der Waals surface area (Å²) in [5.74, 6) is 1.50. The Hall–Kier alpha value is -2.71. The van der Waals surface area contributed by atoms with Crippen LogP contribution in [0.3, 0.4) is 0 Å². The molecule has 0 bridgehead atoms. The Morgan fingerprint density at radius 1 is 1.21 bits per heavy atom. The Bertz CT molecular complexity index is 963. The molecular weight excluding hydrogens is 400 g/mol. The zero-order chi connectivity index (χ0) is 19.9. The quantitative estimate of drug-likeness (QED) is 0.435. The number of halogens is 1. The van der Waals surface area contributed by atoms with E-state index in [9.17, 15) is 5.11 Å². The summed E-state index contributed by atoms with van der Waals surface area (Å²) in [4.78, 5) is 0. The van der Waals surface area contributed by atoms with Crippen LogP contribution in [0.1, 0.15) is 18.3 Å². The van der Waals surface area contributed by atoms with Gasteiger partial charge in [-0.05, 0) is 43.0 Å². The van der Waals surface area contributed by atoms with Crippen LogP contribution in [0, 0.1) is 0 Å². The second-order valence-corrected chi connectivity index (χ2v) is 6.72. The highest BCUT2D eigenvalue weighted by Gasteiger charge is 2.12. The van der Waals surface area contributed by atoms with Crippen molar-refractivity contribution in [2.75, 3.05) is 12.9 Å². The largest absolute Gasteiger partial charge is 0.503 e. The first-order valence-corrected chi connectivity index (χ1v) is 10.1. The molecular formula is C19H19ClN4O3S. The number of thioether (sulfide) groups is 1. The number of aromatic hydroxyl groups is 1. The highest BCUT2D eigenvalue weighted by Crippen LogP contribution is 2.34. The van der Waals surface area contributed by atoms with Gasteiger partial charge in [-0.1, -0.05) is 41.6 Å². The van der Waals surface area contributed by atoms with Crippen molar-refractivity contribution in [2.24, 2.45) is 5.10 Å². The lowest BCUT2D eigenvalue weighted by molar-refractivity contribution is 0.290. The summed E-state index contributed by atoms with van der Waals surface area (Å²) in [5.41, 5.74) is 0.668. The van der Waals surface area contributed by atoms with Crippen LogP contribution in [0.5, 0.6) is 17.2 Å². The van der Waals surface area contributed by atoms with E-state index in [2.05, 4.69) is 15.3 Å². The molecule has 0 amide bonds. The molecule has 7 nitrogen and oxygen atoms in total. The summed E-state index contributed by atoms with van der Waals surface area (Å²) in [6, 6.07) is 12.7. The minimum absolute atomic E-state index is 0.0910. The molecule has 1 aromatic heterocycles. The Morgan fingerprint density at radius 3 is 2.71 bits per heavy atom. The van der Waals surface area contributed by atoms with E-state index in [1.165, 1.54) is 11.8 Å². The first-order valence-electron chi connectivity index (χ1n) is 8.48. The second-order valence-electron chi connectivity index (χ2n) is 5.54. The molecule has 3 rings (SSSR count). The molecule has 0 radical (unpaired) electrons. The fraction of sp³-hybridized carbons (Fsp3) is 0.211. The second kappa shape index (κ2) is 9.48. The lowest BCUT2D eigenvalue weighted by Crippen LogP contribution is -2.05. The number of rotatable bonds is 8. The van der Waals surface area contributed by atoms with E-state index in [1.54, 1.807) is 23.0 Å². The molecule has 0 aliphatic carbocycles. The van der Waals surface area contributed by atoms with Gasteiger partial charge in [0.05, 0.1) is 17.8 Å². The van der Waals surface area contributed by atoms with E-state index in [0.29, 0.717) is 28.9 Å². The van der Waals surface area contributed by atoms with Gasteiger partial charge in [-0.3, -0.25) is 0 Å². The molecule has 3 aromatic rings. The molecule has 0 aliphatic heterocycles. The van der Waals surface area contributed by atoms with Crippen molar-refractivity contribution in [1.29, 1.82) is 0 Å². The number of ether oxygens (including phenoxy) is 2. The molecule has 9 heteroatoms. The van der Waals surface area contributed by atoms with Crippen molar-refractivity contribution < 1.29 is 14.6 Å². The van der Waals surface area contributed by atoms with E-state index >= 15 is 0 Å². The van der Waals surface area contributed by atoms with E-state index in [1.807, 2.05) is 43.5 Å². The minimum Gasteiger partial charge on any atom is -0.503 e. The van der Waals surface area contributed by atoms with Gasteiger partial charge in [-0.15, -0.1) is 10.2 Å². The molecule has 0 saturated heterocycles. The van der Waals surface area contributed by atoms with Crippen LogP contribution in [0.25, 0.3) is 0 Å². The van der Waals surface area contributed by atoms with Gasteiger partial charge in [0.25, 0.3) is 0 Å². The highest BCUT2D eigenvalue weighted by molar-refractivity contribution is 7.98. The third kappa shape index (κ3) is 4.76. The summed E-state index contributed by atoms with van der Waals surface area (Å²) in [6.07, 6.45) is 3.49. The SMILES string of the molecule is CCOc1cc(/C=N\n2c(COc3ccccc3)nnc2SC)cc(Cl)c1O. The number of nitrogens with zero attached hydrogens (tertiary/aromatic N) is 4. The third-order valence-electron chi connectivity index (χ3n) is 3.64. The first-order chi connectivity index (χ1) is 13.6. The fourth-order valence-corrected chi connectivity index (χ4v) is 3.02. The molecule has 146 valence electrons. The van der Waals surface area contributed by atoms with Gasteiger partial charge in [0.2, 0.25) is 5.16 Å². The molecule has 1 heterocycles. The summed E-state index contributed by atoms with van der Waals surface area (Å²) >= 11 is 7.49. The molecule has 0 aliphatic rings. The smallest absolute Gasteiger partial charge is 0.211 e. The number of phenols is 1. The molecule has 1 N–H and O–H groups in total. The standard InChI is InChI=1S/C19H19ClN4O3S/c1-3-26-16-10-13(9-15(20)18(16)25)11-21-24-17(22-23-19(24)28-2)12-27-14-7-5-4-6-8-14/h4-11,25H,3,12H2,1-2H3/b21-11-. The first kappa shape index (κ1) is 20.0. The normalized spacial score (nSPS) is 11.1. The predicted molar refractivity (Wildman–Crippen MR) is 110 cm³/mol. The highest BCUT2D eigenvalue weighted by atomic mass is 35.5. The van der Waals surface area contributed by atoms with Gasteiger partial charge < -0.3 is 14.6 Å². The van der Waals surface area contributed by atoms with Gasteiger partial charge in [-0.25, -0.2) is 0 Å². The molecule has 0 spiro atoms. The van der Waals surface area contributed by atoms with Crippen molar-refractivity contribution in [2.45, 2.75) is 18.7 Å². The van der Waals surface area contributed by atoms with Crippen molar-refractivity contribution in [1.82, 2.24) is 14.9 Å². The molecule has 0 atom stereocenters. The van der Waals surface area contributed by atoms with E-state index in [4.69, 9.17) is 21.1 Å². The van der Waals surface area contributed by atoms with E-state index < -0.39 is 0 Å². The van der Waals surface area contributed by atoms with Crippen LogP contribution in [-0.4, -0.2) is 39.1 Å². The number of para-hydroxylation sites is 1. The van der Waals surface area contributed by atoms with E-state index in [-0.39, 0.29) is 17.4 Å². The van der Waals surface area contributed by atoms with Crippen molar-refractivity contribution in [3.8, 4) is 17.2 Å². The topological polar surface area (TPSA) is 81.8 Å². The van der Waals surface area contributed by atoms with Crippen LogP contribution in [-0.2, 0) is 6.61 Å². The number of benzene rings is 2. The summed E-state index contributed by atoms with van der Waals surface area (Å²) < 4.78 is 12.8. The van der Waals surface area contributed by atoms with Crippen LogP contribution in [0.2, 0.25) is 5.02 Å². The molecule has 0 fully saturated rings. The third-order valence-corrected chi connectivity index (χ3v) is 4.55. The maximum atomic E-state index is 9.96. The molecule has 0 saturated carbocycles. The summed E-state index contributed by atoms with van der Waals surface area (Å²) in [5, 5.41) is 23.5. The Balaban J connectivity index is 1.84. The molecule has 28 heavy (non-hydrogen) atoms. The van der Waals surface area contributed by atoms with Gasteiger partial charge in [-0.2, -0.15) is 9.78 Å². The Morgan fingerprint density at radius 2 is 2.00 bits per heavy atom. The number of phenolic OH excluding ortho intramolecular Hbond substituents is 1. The van der Waals surface area contributed by atoms with Crippen molar-refractivity contribution in [3.05, 3.63) is 58.9 Å². The zero-order valence-electron chi connectivity index (χ0n) is 15.4. The maximum Gasteiger partial charge on any atom is 0.211 e. The maximum absolute atomic E-state index is 9.96. The zero-order valence-corrected chi connectivity index (χ0v) is 16.9. The Kier molecular flexibility index (Phi) is 6.78. The number of hydrogen-bond donors (Lipinski definition) is 1. The Labute approximate surface area is 172 Å². The van der Waals surface area contributed by atoms with Gasteiger partial charge in [0, 0.05) is 0 Å². The number of aromatic nitrogens is 3. The molecule has 0 unspecified atom stereocenters. The van der Waals surface area contributed by atoms with Crippen LogP contribution in [0.4, 0.5) is 0 Å². The fourth-order valence-electron chi connectivity index (χ4n) is 2.35. The lowest BCUT2D eigenvalue weighted by Gasteiger charge is -2.08. The average molecular weight is 419 g/mol. The van der Waals surface area contributed by atoms with Gasteiger partial charge >= 0.3 is 0 Å². The molecule has 2 aromatic carbocycles. The van der Waals surface area contributed by atoms with Gasteiger partial charge in [0.1, 0.15) is 12.4 Å². The van der Waals surface area contributed by atoms with Crippen molar-refractivity contribution in [3.63, 3.8) is 0 Å². The van der Waals surface area contributed by atoms with Crippen LogP contribution in [0.15, 0.2) is 52.7 Å². The summed E-state index contributed by atoms with van der Waals surface area (Å²) in [7, 11) is 0. The summed E-state index contributed by atoms with van der Waals surface area (Å²) in [6.45, 7) is 2.46. The van der Waals surface area contributed by atoms with Gasteiger partial charge in [0.15, 0.2) is 17.3 Å². The lowest BCUT2D eigenvalue weighted by atomic mass is 10.2.